The fraction of sp³-hybridized carbons (Fsp3) is 0.214. The average Bonchev–Trinajstić information content (AvgIpc) is 2.33. The number of nitrogens with zero attached hydrogens (tertiary/aromatic N) is 1. The van der Waals surface area contributed by atoms with Gasteiger partial charge in [0.05, 0.1) is 0 Å². The molecule has 18 heavy (non-hydrogen) atoms. The number of nitrogens with one attached hydrogen (secondary N) is 1. The maximum Gasteiger partial charge on any atom is 0.214 e. The lowest BCUT2D eigenvalue weighted by atomic mass is 10.1. The molecule has 0 bridgehead atoms. The Bertz CT molecular complexity index is 544. The topological polar surface area (TPSA) is 24.9 Å². The van der Waals surface area contributed by atoms with E-state index in [0.29, 0.717) is 23.5 Å². The third-order valence-corrected chi connectivity index (χ3v) is 2.68. The van der Waals surface area contributed by atoms with E-state index >= 15 is 0 Å². The van der Waals surface area contributed by atoms with Crippen LogP contribution in [0, 0.1) is 25.6 Å². The molecule has 0 saturated carbocycles. The molecule has 0 spiro atoms. The molecule has 0 aliphatic rings. The first-order valence-corrected chi connectivity index (χ1v) is 5.68. The van der Waals surface area contributed by atoms with Crippen molar-refractivity contribution in [3.8, 4) is 0 Å². The van der Waals surface area contributed by atoms with Gasteiger partial charge in [0.25, 0.3) is 0 Å². The minimum Gasteiger partial charge on any atom is -0.366 e. The van der Waals surface area contributed by atoms with E-state index in [-0.39, 0.29) is 5.82 Å². The number of anilines is 1. The molecule has 0 aliphatic heterocycles. The van der Waals surface area contributed by atoms with Gasteiger partial charge in [0.1, 0.15) is 11.6 Å². The van der Waals surface area contributed by atoms with Crippen molar-refractivity contribution in [1.29, 1.82) is 0 Å². The van der Waals surface area contributed by atoms with Gasteiger partial charge in [-0.25, -0.2) is 9.37 Å². The van der Waals surface area contributed by atoms with Crippen molar-refractivity contribution in [2.24, 2.45) is 0 Å². The third-order valence-electron chi connectivity index (χ3n) is 2.68. The Hall–Kier alpha value is -1.97. The quantitative estimate of drug-likeness (QED) is 0.840. The highest BCUT2D eigenvalue weighted by molar-refractivity contribution is 5.37. The first-order chi connectivity index (χ1) is 8.56. The molecular formula is C14H14F2N2. The van der Waals surface area contributed by atoms with Crippen LogP contribution in [0.25, 0.3) is 0 Å². The van der Waals surface area contributed by atoms with Crippen LogP contribution in [-0.4, -0.2) is 4.98 Å². The highest BCUT2D eigenvalue weighted by Crippen LogP contribution is 2.15. The van der Waals surface area contributed by atoms with Gasteiger partial charge in [-0.2, -0.15) is 4.39 Å². The summed E-state index contributed by atoms with van der Waals surface area (Å²) < 4.78 is 26.3. The summed E-state index contributed by atoms with van der Waals surface area (Å²) in [5, 5.41) is 3.00. The van der Waals surface area contributed by atoms with Crippen LogP contribution in [0.3, 0.4) is 0 Å². The zero-order valence-corrected chi connectivity index (χ0v) is 10.3. The van der Waals surface area contributed by atoms with Gasteiger partial charge in [-0.3, -0.25) is 0 Å². The molecule has 94 valence electrons. The summed E-state index contributed by atoms with van der Waals surface area (Å²) in [5.41, 5.74) is 2.16. The molecule has 1 aromatic heterocycles. The average molecular weight is 248 g/mol. The summed E-state index contributed by atoms with van der Waals surface area (Å²) in [6, 6.07) is 8.11. The maximum absolute atomic E-state index is 13.4. The van der Waals surface area contributed by atoms with Crippen molar-refractivity contribution in [3.05, 3.63) is 58.8 Å². The second kappa shape index (κ2) is 5.12. The van der Waals surface area contributed by atoms with Crippen LogP contribution < -0.4 is 5.32 Å². The van der Waals surface area contributed by atoms with E-state index in [4.69, 9.17) is 0 Å². The van der Waals surface area contributed by atoms with Gasteiger partial charge in [-0.15, -0.1) is 0 Å². The van der Waals surface area contributed by atoms with E-state index in [1.165, 1.54) is 6.07 Å². The Labute approximate surface area is 105 Å². The largest absolute Gasteiger partial charge is 0.366 e. The van der Waals surface area contributed by atoms with Gasteiger partial charge >= 0.3 is 0 Å². The van der Waals surface area contributed by atoms with Crippen LogP contribution in [0.4, 0.5) is 14.6 Å². The Morgan fingerprint density at radius 2 is 1.78 bits per heavy atom. The molecule has 2 nitrogen and oxygen atoms in total. The van der Waals surface area contributed by atoms with E-state index in [2.05, 4.69) is 10.3 Å². The van der Waals surface area contributed by atoms with Gasteiger partial charge in [-0.1, -0.05) is 18.2 Å². The molecule has 0 amide bonds. The minimum atomic E-state index is -0.522. The summed E-state index contributed by atoms with van der Waals surface area (Å²) in [7, 11) is 0. The predicted molar refractivity (Wildman–Crippen MR) is 67.4 cm³/mol. The van der Waals surface area contributed by atoms with Gasteiger partial charge in [0.15, 0.2) is 0 Å². The second-order valence-electron chi connectivity index (χ2n) is 4.24. The summed E-state index contributed by atoms with van der Waals surface area (Å²) in [5.74, 6) is -0.233. The van der Waals surface area contributed by atoms with E-state index in [0.717, 1.165) is 5.56 Å². The lowest BCUT2D eigenvalue weighted by Gasteiger charge is -2.08. The highest BCUT2D eigenvalue weighted by Gasteiger charge is 2.04. The molecule has 4 heteroatoms. The van der Waals surface area contributed by atoms with Gasteiger partial charge in [0, 0.05) is 6.54 Å². The molecule has 1 heterocycles. The first kappa shape index (κ1) is 12.5. The number of aromatic nitrogens is 1. The summed E-state index contributed by atoms with van der Waals surface area (Å²) >= 11 is 0. The molecule has 2 rings (SSSR count). The van der Waals surface area contributed by atoms with Crippen LogP contribution >= 0.6 is 0 Å². The molecule has 0 radical (unpaired) electrons. The van der Waals surface area contributed by atoms with Crippen LogP contribution in [0.5, 0.6) is 0 Å². The predicted octanol–water partition coefficient (Wildman–Crippen LogP) is 3.59. The molecule has 2 aromatic rings. The van der Waals surface area contributed by atoms with E-state index in [1.54, 1.807) is 38.1 Å². The number of halogens is 2. The van der Waals surface area contributed by atoms with Crippen molar-refractivity contribution in [3.63, 3.8) is 0 Å². The number of aryl methyl sites for hydroxylation is 2. The van der Waals surface area contributed by atoms with Crippen molar-refractivity contribution >= 4 is 5.82 Å². The number of benzene rings is 1. The van der Waals surface area contributed by atoms with Crippen LogP contribution in [-0.2, 0) is 6.54 Å². The molecule has 0 atom stereocenters. The van der Waals surface area contributed by atoms with Gasteiger partial charge in [0.2, 0.25) is 5.95 Å². The fourth-order valence-electron chi connectivity index (χ4n) is 1.84. The smallest absolute Gasteiger partial charge is 0.214 e. The minimum absolute atomic E-state index is 0.178. The van der Waals surface area contributed by atoms with Gasteiger partial charge < -0.3 is 5.32 Å². The van der Waals surface area contributed by atoms with Crippen LogP contribution in [0.2, 0.25) is 0 Å². The third kappa shape index (κ3) is 2.83. The molecule has 0 aliphatic carbocycles. The van der Waals surface area contributed by atoms with E-state index in [1.807, 2.05) is 0 Å². The Morgan fingerprint density at radius 3 is 2.39 bits per heavy atom. The van der Waals surface area contributed by atoms with Gasteiger partial charge in [-0.05, 0) is 42.7 Å². The molecule has 1 N–H and O–H groups in total. The van der Waals surface area contributed by atoms with E-state index < -0.39 is 5.95 Å². The Balaban J connectivity index is 2.11. The molecule has 0 unspecified atom stereocenters. The molecule has 0 fully saturated rings. The van der Waals surface area contributed by atoms with Crippen molar-refractivity contribution in [2.45, 2.75) is 20.4 Å². The second-order valence-corrected chi connectivity index (χ2v) is 4.24. The first-order valence-electron chi connectivity index (χ1n) is 5.68. The lowest BCUT2D eigenvalue weighted by Crippen LogP contribution is -2.03. The van der Waals surface area contributed by atoms with Crippen LogP contribution in [0.1, 0.15) is 16.7 Å². The zero-order chi connectivity index (χ0) is 13.1. The standard InChI is InChI=1S/C14H14F2N2/c1-9-6-11(7-10(2)14(9)16)8-17-13-5-3-4-12(15)18-13/h3-7H,8H2,1-2H3,(H,17,18). The lowest BCUT2D eigenvalue weighted by molar-refractivity contribution is 0.585. The number of rotatable bonds is 3. The van der Waals surface area contributed by atoms with Crippen molar-refractivity contribution < 1.29 is 8.78 Å². The van der Waals surface area contributed by atoms with Crippen molar-refractivity contribution in [1.82, 2.24) is 4.98 Å². The SMILES string of the molecule is Cc1cc(CNc2cccc(F)n2)cc(C)c1F. The Morgan fingerprint density at radius 1 is 1.11 bits per heavy atom. The summed E-state index contributed by atoms with van der Waals surface area (Å²) in [6.45, 7) is 3.94. The van der Waals surface area contributed by atoms with Crippen molar-refractivity contribution in [2.75, 3.05) is 5.32 Å². The monoisotopic (exact) mass is 248 g/mol. The summed E-state index contributed by atoms with van der Waals surface area (Å²) in [4.78, 5) is 3.70. The molecule has 1 aromatic carbocycles. The summed E-state index contributed by atoms with van der Waals surface area (Å²) in [6.07, 6.45) is 0. The zero-order valence-electron chi connectivity index (χ0n) is 10.3. The number of pyridine rings is 1. The van der Waals surface area contributed by atoms with E-state index in [9.17, 15) is 8.78 Å². The highest BCUT2D eigenvalue weighted by atomic mass is 19.1. The number of hydrogen-bond donors (Lipinski definition) is 1. The number of hydrogen-bond acceptors (Lipinski definition) is 2. The van der Waals surface area contributed by atoms with Crippen LogP contribution in [0.15, 0.2) is 30.3 Å². The normalized spacial score (nSPS) is 10.4. The molecular weight excluding hydrogens is 234 g/mol. The Kier molecular flexibility index (Phi) is 3.55. The maximum atomic E-state index is 13.4. The fourth-order valence-corrected chi connectivity index (χ4v) is 1.84. The molecule has 0 saturated heterocycles.